The van der Waals surface area contributed by atoms with Crippen LogP contribution in [-0.4, -0.2) is 22.5 Å². The number of carbonyl (C=O) groups is 2. The van der Waals surface area contributed by atoms with Crippen LogP contribution in [0.15, 0.2) is 0 Å². The predicted molar refractivity (Wildman–Crippen MR) is 35.7 cm³/mol. The number of hydrogen-bond donors (Lipinski definition) is 2. The van der Waals surface area contributed by atoms with Crippen LogP contribution in [0.5, 0.6) is 0 Å². The van der Waals surface area contributed by atoms with Crippen LogP contribution >= 0.6 is 11.6 Å². The third-order valence-electron chi connectivity index (χ3n) is 0.826. The van der Waals surface area contributed by atoms with Crippen molar-refractivity contribution in [1.29, 1.82) is 0 Å². The van der Waals surface area contributed by atoms with Gasteiger partial charge < -0.3 is 10.4 Å². The molecular formula is C5H8ClNO3. The number of aliphatic carboxylic acids is 1. The van der Waals surface area contributed by atoms with Gasteiger partial charge in [-0.2, -0.15) is 0 Å². The molecule has 2 N–H and O–H groups in total. The molecule has 0 aliphatic carbocycles. The summed E-state index contributed by atoms with van der Waals surface area (Å²) in [5.74, 6) is -1.62. The normalized spacial score (nSPS) is 12.2. The van der Waals surface area contributed by atoms with Crippen molar-refractivity contribution < 1.29 is 14.7 Å². The summed E-state index contributed by atoms with van der Waals surface area (Å²) in [5.41, 5.74) is -1.31. The predicted octanol–water partition coefficient (Wildman–Crippen LogP) is 0.162. The minimum Gasteiger partial charge on any atom is -0.479 e. The smallest absolute Gasteiger partial charge is 0.341 e. The highest BCUT2D eigenvalue weighted by Gasteiger charge is 2.14. The van der Waals surface area contributed by atoms with Gasteiger partial charge in [-0.3, -0.25) is 4.79 Å². The molecule has 0 heterocycles. The molecule has 0 spiro atoms. The summed E-state index contributed by atoms with van der Waals surface area (Å²) >= 11 is 5.16. The highest BCUT2D eigenvalue weighted by atomic mass is 35.5. The van der Waals surface area contributed by atoms with Gasteiger partial charge in [0.15, 0.2) is 0 Å². The van der Waals surface area contributed by atoms with Crippen LogP contribution in [-0.2, 0) is 9.59 Å². The van der Waals surface area contributed by atoms with Gasteiger partial charge in [0.05, 0.1) is 0 Å². The summed E-state index contributed by atoms with van der Waals surface area (Å²) in [7, 11) is 0. The Balaban J connectivity index is 3.68. The Morgan fingerprint density at radius 1 is 1.70 bits per heavy atom. The van der Waals surface area contributed by atoms with Crippen LogP contribution in [0.3, 0.4) is 0 Å². The largest absolute Gasteiger partial charge is 0.479 e. The van der Waals surface area contributed by atoms with Gasteiger partial charge >= 0.3 is 5.97 Å². The monoisotopic (exact) mass is 165 g/mol. The quantitative estimate of drug-likeness (QED) is 0.463. The lowest BCUT2D eigenvalue weighted by Gasteiger charge is -2.04. The topological polar surface area (TPSA) is 66.4 Å². The van der Waals surface area contributed by atoms with Gasteiger partial charge in [-0.05, 0) is 0 Å². The van der Waals surface area contributed by atoms with Crippen molar-refractivity contribution in [3.05, 3.63) is 0 Å². The molecule has 0 rings (SSSR count). The average molecular weight is 166 g/mol. The minimum atomic E-state index is -1.31. The van der Waals surface area contributed by atoms with Crippen molar-refractivity contribution in [3.63, 3.8) is 0 Å². The van der Waals surface area contributed by atoms with Crippen molar-refractivity contribution >= 4 is 23.5 Å². The Morgan fingerprint density at radius 2 is 2.20 bits per heavy atom. The van der Waals surface area contributed by atoms with Gasteiger partial charge in [0, 0.05) is 6.42 Å². The molecule has 1 atom stereocenters. The highest BCUT2D eigenvalue weighted by Crippen LogP contribution is 1.90. The van der Waals surface area contributed by atoms with Gasteiger partial charge in [-0.25, -0.2) is 4.79 Å². The van der Waals surface area contributed by atoms with Crippen LogP contribution in [0.25, 0.3) is 0 Å². The van der Waals surface area contributed by atoms with Crippen molar-refractivity contribution in [1.82, 2.24) is 5.32 Å². The number of hydrogen-bond acceptors (Lipinski definition) is 2. The number of nitrogens with one attached hydrogen (secondary N) is 1. The van der Waals surface area contributed by atoms with Gasteiger partial charge in [-0.15, -0.1) is 0 Å². The second-order valence-electron chi connectivity index (χ2n) is 1.62. The van der Waals surface area contributed by atoms with E-state index in [-0.39, 0.29) is 12.3 Å². The molecule has 0 fully saturated rings. The van der Waals surface area contributed by atoms with E-state index < -0.39 is 11.5 Å². The maximum atomic E-state index is 10.5. The molecule has 0 saturated heterocycles. The zero-order valence-electron chi connectivity index (χ0n) is 5.43. The lowest BCUT2D eigenvalue weighted by Crippen LogP contribution is -2.35. The number of carboxylic acids is 1. The van der Waals surface area contributed by atoms with Gasteiger partial charge in [0.2, 0.25) is 11.4 Å². The number of amides is 1. The molecule has 0 aromatic carbocycles. The van der Waals surface area contributed by atoms with E-state index in [1.807, 2.05) is 0 Å². The molecule has 0 unspecified atom stereocenters. The first-order valence-corrected chi connectivity index (χ1v) is 3.17. The Bertz CT molecular complexity index is 148. The van der Waals surface area contributed by atoms with E-state index >= 15 is 0 Å². The van der Waals surface area contributed by atoms with Crippen LogP contribution in [0.2, 0.25) is 0 Å². The zero-order valence-corrected chi connectivity index (χ0v) is 6.18. The molecule has 5 heteroatoms. The molecule has 0 aliphatic rings. The SMILES string of the molecule is CCC(=O)N[C@H](Cl)C(=O)O. The Labute approximate surface area is 63.2 Å². The third-order valence-corrected chi connectivity index (χ3v) is 1.12. The molecule has 1 amide bonds. The average Bonchev–Trinajstić information content (AvgIpc) is 1.87. The van der Waals surface area contributed by atoms with E-state index in [0.717, 1.165) is 0 Å². The van der Waals surface area contributed by atoms with E-state index in [1.165, 1.54) is 0 Å². The first kappa shape index (κ1) is 9.23. The summed E-state index contributed by atoms with van der Waals surface area (Å²) < 4.78 is 0. The van der Waals surface area contributed by atoms with Crippen LogP contribution in [0.1, 0.15) is 13.3 Å². The van der Waals surface area contributed by atoms with E-state index in [1.54, 1.807) is 6.92 Å². The van der Waals surface area contributed by atoms with Crippen molar-refractivity contribution in [3.8, 4) is 0 Å². The van der Waals surface area contributed by atoms with Gasteiger partial charge in [0.25, 0.3) is 0 Å². The maximum absolute atomic E-state index is 10.5. The maximum Gasteiger partial charge on any atom is 0.341 e. The van der Waals surface area contributed by atoms with Gasteiger partial charge in [0.1, 0.15) is 0 Å². The second-order valence-corrected chi connectivity index (χ2v) is 2.06. The summed E-state index contributed by atoms with van der Waals surface area (Å²) in [6.07, 6.45) is 0.233. The van der Waals surface area contributed by atoms with E-state index in [0.29, 0.717) is 0 Å². The van der Waals surface area contributed by atoms with Gasteiger partial charge in [-0.1, -0.05) is 18.5 Å². The molecule has 10 heavy (non-hydrogen) atoms. The fourth-order valence-corrected chi connectivity index (χ4v) is 0.427. The third kappa shape index (κ3) is 3.29. The summed E-state index contributed by atoms with van der Waals surface area (Å²) in [4.78, 5) is 20.5. The Kier molecular flexibility index (Phi) is 3.79. The van der Waals surface area contributed by atoms with Crippen LogP contribution in [0.4, 0.5) is 0 Å². The zero-order chi connectivity index (χ0) is 8.15. The summed E-state index contributed by atoms with van der Waals surface area (Å²) in [6, 6.07) is 0. The van der Waals surface area contributed by atoms with Crippen molar-refractivity contribution in [2.24, 2.45) is 0 Å². The molecule has 58 valence electrons. The fraction of sp³-hybridized carbons (Fsp3) is 0.600. The lowest BCUT2D eigenvalue weighted by molar-refractivity contribution is -0.139. The molecule has 4 nitrogen and oxygen atoms in total. The van der Waals surface area contributed by atoms with E-state index in [9.17, 15) is 9.59 Å². The number of carbonyl (C=O) groups excluding carboxylic acids is 1. The Morgan fingerprint density at radius 3 is 2.50 bits per heavy atom. The standard InChI is InChI=1S/C5H8ClNO3/c1-2-3(8)7-4(6)5(9)10/h4H,2H2,1H3,(H,7,8)(H,9,10)/t4-/m0/s1. The lowest BCUT2D eigenvalue weighted by atomic mass is 10.4. The fourth-order valence-electron chi connectivity index (χ4n) is 0.305. The molecule has 0 radical (unpaired) electrons. The Hall–Kier alpha value is -0.770. The number of alkyl halides is 1. The van der Waals surface area contributed by atoms with Crippen molar-refractivity contribution in [2.75, 3.05) is 0 Å². The molecule has 0 aromatic heterocycles. The van der Waals surface area contributed by atoms with Crippen molar-refractivity contribution in [2.45, 2.75) is 18.8 Å². The second kappa shape index (κ2) is 4.11. The summed E-state index contributed by atoms with van der Waals surface area (Å²) in [6.45, 7) is 1.61. The van der Waals surface area contributed by atoms with Crippen LogP contribution in [0, 0.1) is 0 Å². The minimum absolute atomic E-state index is 0.233. The summed E-state index contributed by atoms with van der Waals surface area (Å²) in [5, 5.41) is 10.2. The molecular weight excluding hydrogens is 158 g/mol. The number of carboxylic acid groups (broad SMARTS) is 1. The van der Waals surface area contributed by atoms with E-state index in [2.05, 4.69) is 5.32 Å². The molecule has 0 aromatic rings. The first-order chi connectivity index (χ1) is 4.57. The van der Waals surface area contributed by atoms with Crippen LogP contribution < -0.4 is 5.32 Å². The molecule has 0 bridgehead atoms. The molecule has 0 saturated carbocycles. The first-order valence-electron chi connectivity index (χ1n) is 2.74. The number of halogens is 1. The number of rotatable bonds is 3. The molecule has 0 aliphatic heterocycles. The van der Waals surface area contributed by atoms with E-state index in [4.69, 9.17) is 16.7 Å². The highest BCUT2D eigenvalue weighted by molar-refractivity contribution is 6.30.